The van der Waals surface area contributed by atoms with Crippen molar-refractivity contribution in [2.45, 2.75) is 38.2 Å². The van der Waals surface area contributed by atoms with E-state index >= 15 is 0 Å². The van der Waals surface area contributed by atoms with Gasteiger partial charge in [0.25, 0.3) is 0 Å². The molecule has 204 valence electrons. The molecular weight excluding hydrogens is 510 g/mol. The molecule has 1 atom stereocenters. The summed E-state index contributed by atoms with van der Waals surface area (Å²) in [5, 5.41) is 0. The Kier molecular flexibility index (Phi) is 5.30. The molecule has 6 heteroatoms. The number of carbonyl (C=O) groups is 1. The molecule has 5 aromatic rings. The second kappa shape index (κ2) is 8.96. The van der Waals surface area contributed by atoms with Crippen LogP contribution in [0.15, 0.2) is 79.1 Å². The second-order valence-corrected chi connectivity index (χ2v) is 11.3. The highest BCUT2D eigenvalue weighted by Crippen LogP contribution is 2.53. The Morgan fingerprint density at radius 2 is 1.71 bits per heavy atom. The summed E-state index contributed by atoms with van der Waals surface area (Å²) in [5.41, 5.74) is 10.3. The largest absolute Gasteiger partial charge is 0.497 e. The maximum atomic E-state index is 13.7. The first kappa shape index (κ1) is 24.2. The zero-order valence-electron chi connectivity index (χ0n) is 23.3. The molecule has 0 saturated heterocycles. The van der Waals surface area contributed by atoms with Crippen LogP contribution >= 0.6 is 0 Å². The van der Waals surface area contributed by atoms with Gasteiger partial charge in [0.05, 0.1) is 12.8 Å². The topological polar surface area (TPSA) is 56.1 Å². The van der Waals surface area contributed by atoms with Gasteiger partial charge in [-0.15, -0.1) is 0 Å². The molecule has 1 unspecified atom stereocenters. The first-order chi connectivity index (χ1) is 20.1. The van der Waals surface area contributed by atoms with E-state index in [9.17, 15) is 4.79 Å². The molecule has 41 heavy (non-hydrogen) atoms. The number of nitrogens with zero attached hydrogens (tertiary/aromatic N) is 3. The lowest BCUT2D eigenvalue weighted by Crippen LogP contribution is -2.36. The van der Waals surface area contributed by atoms with E-state index in [1.165, 1.54) is 16.8 Å². The Morgan fingerprint density at radius 3 is 2.44 bits per heavy atom. The van der Waals surface area contributed by atoms with Gasteiger partial charge in [0, 0.05) is 53.4 Å². The van der Waals surface area contributed by atoms with Gasteiger partial charge in [0.15, 0.2) is 5.69 Å². The Bertz CT molecular complexity index is 1820. The van der Waals surface area contributed by atoms with Crippen LogP contribution in [-0.2, 0) is 23.2 Å². The van der Waals surface area contributed by atoms with E-state index in [0.717, 1.165) is 83.6 Å². The van der Waals surface area contributed by atoms with E-state index in [4.69, 9.17) is 9.47 Å². The van der Waals surface area contributed by atoms with Crippen LogP contribution in [0, 0.1) is 6.92 Å². The fraction of sp³-hybridized carbons (Fsp3) is 0.257. The van der Waals surface area contributed by atoms with E-state index in [1.807, 2.05) is 30.3 Å². The van der Waals surface area contributed by atoms with Crippen LogP contribution in [-0.4, -0.2) is 35.6 Å². The molecule has 0 fully saturated rings. The highest BCUT2D eigenvalue weighted by molar-refractivity contribution is 5.96. The molecule has 3 aromatic heterocycles. The molecule has 2 aromatic carbocycles. The number of esters is 1. The number of cyclic esters (lactones) is 1. The third-order valence-corrected chi connectivity index (χ3v) is 9.17. The summed E-state index contributed by atoms with van der Waals surface area (Å²) in [5.74, 6) is 0.407. The van der Waals surface area contributed by atoms with E-state index in [1.54, 1.807) is 13.3 Å². The van der Waals surface area contributed by atoms with Crippen molar-refractivity contribution in [3.63, 3.8) is 0 Å². The lowest BCUT2D eigenvalue weighted by Gasteiger charge is -2.39. The predicted molar refractivity (Wildman–Crippen MR) is 159 cm³/mol. The molecule has 0 bridgehead atoms. The zero-order valence-corrected chi connectivity index (χ0v) is 23.3. The average molecular weight is 542 g/mol. The van der Waals surface area contributed by atoms with Crippen molar-refractivity contribution >= 4 is 17.2 Å². The quantitative estimate of drug-likeness (QED) is 0.244. The number of pyridine rings is 2. The van der Waals surface area contributed by atoms with Crippen molar-refractivity contribution in [1.29, 1.82) is 0 Å². The van der Waals surface area contributed by atoms with Crippen molar-refractivity contribution in [2.24, 2.45) is 0 Å². The lowest BCUT2D eigenvalue weighted by atomic mass is 9.78. The van der Waals surface area contributed by atoms with Gasteiger partial charge in [-0.1, -0.05) is 24.3 Å². The van der Waals surface area contributed by atoms with Crippen molar-refractivity contribution < 1.29 is 14.3 Å². The number of hydrogen-bond donors (Lipinski definition) is 0. The van der Waals surface area contributed by atoms with Gasteiger partial charge in [0.1, 0.15) is 5.75 Å². The summed E-state index contributed by atoms with van der Waals surface area (Å²) < 4.78 is 14.4. The van der Waals surface area contributed by atoms with E-state index in [2.05, 4.69) is 63.8 Å². The van der Waals surface area contributed by atoms with Crippen LogP contribution < -0.4 is 9.64 Å². The maximum absolute atomic E-state index is 13.7. The molecule has 8 rings (SSSR count). The first-order valence-electron chi connectivity index (χ1n) is 14.4. The van der Waals surface area contributed by atoms with Crippen LogP contribution in [0.5, 0.6) is 5.75 Å². The number of carbonyl (C=O) groups excluding carboxylic acids is 1. The number of benzene rings is 2. The number of rotatable bonds is 4. The van der Waals surface area contributed by atoms with Crippen LogP contribution in [0.1, 0.15) is 56.8 Å². The number of aryl methyl sites for hydroxylation is 3. The third-order valence-electron chi connectivity index (χ3n) is 9.17. The van der Waals surface area contributed by atoms with Crippen molar-refractivity contribution in [2.75, 3.05) is 25.1 Å². The van der Waals surface area contributed by atoms with Gasteiger partial charge in [-0.05, 0) is 97.3 Å². The van der Waals surface area contributed by atoms with Gasteiger partial charge in [-0.2, -0.15) is 0 Å². The molecule has 0 saturated carbocycles. The van der Waals surface area contributed by atoms with Crippen molar-refractivity contribution in [3.8, 4) is 16.9 Å². The summed E-state index contributed by atoms with van der Waals surface area (Å²) in [6.45, 7) is 4.37. The Labute approximate surface area is 239 Å². The van der Waals surface area contributed by atoms with Crippen LogP contribution in [0.3, 0.4) is 0 Å². The fourth-order valence-corrected chi connectivity index (χ4v) is 7.45. The minimum atomic E-state index is -1.17. The number of methoxy groups -OCH3 is 1. The summed E-state index contributed by atoms with van der Waals surface area (Å²) in [6, 6.07) is 22.9. The molecule has 6 heterocycles. The van der Waals surface area contributed by atoms with Crippen LogP contribution in [0.2, 0.25) is 0 Å². The molecular formula is C35H31N3O3. The maximum Gasteiger partial charge on any atom is 0.359 e. The number of fused-ring (bicyclic) bond motifs is 2. The standard InChI is InChI=1S/C35H31N3O3/c1-22-29-11-3-4-19-38(29)33(30(22)23-12-14-27(40-2)15-13-23)35(28-10-5-16-36-31(28)34(39)41-35)26-20-24-8-6-17-37-18-7-9-25(21-26)32(24)37/h3-5,10-16,19-21H,6-9,17-18H2,1-2H3. The number of aromatic nitrogens is 2. The summed E-state index contributed by atoms with van der Waals surface area (Å²) in [6.07, 6.45) is 8.07. The molecule has 0 aliphatic carbocycles. The van der Waals surface area contributed by atoms with Gasteiger partial charge < -0.3 is 18.8 Å². The molecule has 3 aliphatic rings. The molecule has 0 radical (unpaired) electrons. The summed E-state index contributed by atoms with van der Waals surface area (Å²) in [4.78, 5) is 20.8. The monoisotopic (exact) mass is 541 g/mol. The van der Waals surface area contributed by atoms with Gasteiger partial charge in [0.2, 0.25) is 5.60 Å². The van der Waals surface area contributed by atoms with E-state index in [-0.39, 0.29) is 0 Å². The molecule has 0 spiro atoms. The molecule has 0 N–H and O–H groups in total. The van der Waals surface area contributed by atoms with Crippen molar-refractivity contribution in [3.05, 3.63) is 118 Å². The van der Waals surface area contributed by atoms with Crippen LogP contribution in [0.4, 0.5) is 5.69 Å². The zero-order chi connectivity index (χ0) is 27.7. The lowest BCUT2D eigenvalue weighted by molar-refractivity contribution is 0.0235. The van der Waals surface area contributed by atoms with Gasteiger partial charge in [-0.3, -0.25) is 0 Å². The predicted octanol–water partition coefficient (Wildman–Crippen LogP) is 6.48. The number of anilines is 1. The Hall–Kier alpha value is -4.58. The van der Waals surface area contributed by atoms with Gasteiger partial charge in [-0.25, -0.2) is 9.78 Å². The Morgan fingerprint density at radius 1 is 0.951 bits per heavy atom. The van der Waals surface area contributed by atoms with E-state index < -0.39 is 11.6 Å². The van der Waals surface area contributed by atoms with Crippen LogP contribution in [0.25, 0.3) is 16.6 Å². The highest BCUT2D eigenvalue weighted by atomic mass is 16.6. The molecule has 0 amide bonds. The SMILES string of the molecule is COc1ccc(-c2c(C)c3ccccn3c2C2(c3cc4c5c(c3)CCCN5CCC4)OC(=O)c3ncccc32)cc1. The minimum Gasteiger partial charge on any atom is -0.497 e. The third kappa shape index (κ3) is 3.37. The average Bonchev–Trinajstić information content (AvgIpc) is 3.49. The summed E-state index contributed by atoms with van der Waals surface area (Å²) in [7, 11) is 1.68. The molecule has 6 nitrogen and oxygen atoms in total. The molecule has 3 aliphatic heterocycles. The van der Waals surface area contributed by atoms with Gasteiger partial charge >= 0.3 is 5.97 Å². The Balaban J connectivity index is 1.50. The second-order valence-electron chi connectivity index (χ2n) is 11.3. The van der Waals surface area contributed by atoms with Crippen molar-refractivity contribution in [1.82, 2.24) is 9.38 Å². The normalized spacial score (nSPS) is 19.2. The summed E-state index contributed by atoms with van der Waals surface area (Å²) >= 11 is 0. The minimum absolute atomic E-state index is 0.379. The van der Waals surface area contributed by atoms with E-state index in [0.29, 0.717) is 5.69 Å². The first-order valence-corrected chi connectivity index (χ1v) is 14.4. The smallest absolute Gasteiger partial charge is 0.359 e. The fourth-order valence-electron chi connectivity index (χ4n) is 7.45. The number of hydrogen-bond acceptors (Lipinski definition) is 5. The number of ether oxygens (including phenoxy) is 2. The highest BCUT2D eigenvalue weighted by Gasteiger charge is 2.53.